The van der Waals surface area contributed by atoms with Gasteiger partial charge in [-0.3, -0.25) is 4.31 Å². The molecule has 1 aliphatic carbocycles. The van der Waals surface area contributed by atoms with Gasteiger partial charge in [-0.05, 0) is 66.8 Å². The van der Waals surface area contributed by atoms with Crippen molar-refractivity contribution in [3.05, 3.63) is 77.4 Å². The predicted molar refractivity (Wildman–Crippen MR) is 144 cm³/mol. The third-order valence-electron chi connectivity index (χ3n) is 6.46. The van der Waals surface area contributed by atoms with Crippen molar-refractivity contribution in [2.75, 3.05) is 23.7 Å². The van der Waals surface area contributed by atoms with E-state index in [1.807, 2.05) is 0 Å². The smallest absolute Gasteiger partial charge is 0.412 e. The van der Waals surface area contributed by atoms with Crippen molar-refractivity contribution in [2.24, 2.45) is 5.73 Å². The average Bonchev–Trinajstić information content (AvgIpc) is 3.67. The fraction of sp³-hybridized carbons (Fsp3) is 0.214. The molecule has 5 rings (SSSR count). The average molecular weight is 587 g/mol. The molecule has 1 aromatic heterocycles. The van der Waals surface area contributed by atoms with Crippen LogP contribution < -0.4 is 14.8 Å². The first-order chi connectivity index (χ1) is 19.5. The molecule has 10 nitrogen and oxygen atoms in total. The van der Waals surface area contributed by atoms with Crippen molar-refractivity contribution in [3.8, 4) is 22.8 Å². The third-order valence-corrected chi connectivity index (χ3v) is 7.64. The number of aliphatic hydroxyl groups is 1. The van der Waals surface area contributed by atoms with Crippen LogP contribution in [-0.2, 0) is 14.8 Å². The first-order valence-electron chi connectivity index (χ1n) is 12.4. The van der Waals surface area contributed by atoms with E-state index in [1.54, 1.807) is 6.07 Å². The Morgan fingerprint density at radius 3 is 2.39 bits per heavy atom. The summed E-state index contributed by atoms with van der Waals surface area (Å²) in [5.41, 5.74) is 6.38. The molecular formula is C28H24F2N2O8S. The Kier molecular flexibility index (Phi) is 7.41. The lowest BCUT2D eigenvalue weighted by Gasteiger charge is -2.24. The summed E-state index contributed by atoms with van der Waals surface area (Å²) >= 11 is 0. The van der Waals surface area contributed by atoms with Gasteiger partial charge in [0.15, 0.2) is 11.6 Å². The molecule has 0 atom stereocenters. The number of nitrogens with two attached hydrogens (primary N) is 1. The normalized spacial score (nSPS) is 13.3. The van der Waals surface area contributed by atoms with Gasteiger partial charge in [-0.1, -0.05) is 0 Å². The first kappa shape index (κ1) is 28.1. The number of esters is 1. The number of furan rings is 1. The fourth-order valence-electron chi connectivity index (χ4n) is 4.55. The van der Waals surface area contributed by atoms with Gasteiger partial charge >= 0.3 is 12.1 Å². The molecule has 0 aliphatic heterocycles. The van der Waals surface area contributed by atoms with Crippen LogP contribution in [0, 0.1) is 11.6 Å². The van der Waals surface area contributed by atoms with Crippen molar-refractivity contribution in [1.82, 2.24) is 0 Å². The molecule has 41 heavy (non-hydrogen) atoms. The van der Waals surface area contributed by atoms with Crippen molar-refractivity contribution in [2.45, 2.75) is 18.8 Å². The van der Waals surface area contributed by atoms with E-state index < -0.39 is 40.3 Å². The van der Waals surface area contributed by atoms with Gasteiger partial charge in [0.2, 0.25) is 10.0 Å². The Morgan fingerprint density at radius 1 is 1.10 bits per heavy atom. The molecule has 13 heteroatoms. The Balaban J connectivity index is 1.63. The van der Waals surface area contributed by atoms with Gasteiger partial charge in [0, 0.05) is 23.1 Å². The van der Waals surface area contributed by atoms with E-state index in [4.69, 9.17) is 14.9 Å². The number of ether oxygens (including phenoxy) is 2. The number of sulfonamides is 1. The van der Waals surface area contributed by atoms with Crippen molar-refractivity contribution < 1.29 is 45.8 Å². The molecule has 0 spiro atoms. The third kappa shape index (κ3) is 5.86. The van der Waals surface area contributed by atoms with Crippen molar-refractivity contribution in [1.29, 1.82) is 0 Å². The van der Waals surface area contributed by atoms with Crippen LogP contribution in [-0.4, -0.2) is 45.0 Å². The van der Waals surface area contributed by atoms with E-state index >= 15 is 0 Å². The van der Waals surface area contributed by atoms with E-state index in [1.165, 1.54) is 30.3 Å². The minimum atomic E-state index is -3.78. The number of anilines is 1. The number of primary amides is 1. The van der Waals surface area contributed by atoms with E-state index in [9.17, 15) is 31.9 Å². The maximum atomic E-state index is 14.0. The number of amides is 1. The van der Waals surface area contributed by atoms with Crippen LogP contribution in [0.2, 0.25) is 0 Å². The van der Waals surface area contributed by atoms with Crippen molar-refractivity contribution in [3.63, 3.8) is 0 Å². The minimum Gasteiger partial charge on any atom is -0.455 e. The topological polar surface area (TPSA) is 149 Å². The lowest BCUT2D eigenvalue weighted by molar-refractivity contribution is 0.0640. The molecule has 214 valence electrons. The number of hydrogen-bond acceptors (Lipinski definition) is 8. The molecular weight excluding hydrogens is 562 g/mol. The minimum absolute atomic E-state index is 0.00211. The Labute approximate surface area is 232 Å². The predicted octanol–water partition coefficient (Wildman–Crippen LogP) is 5.04. The van der Waals surface area contributed by atoms with Crippen LogP contribution in [0.15, 0.2) is 59.0 Å². The van der Waals surface area contributed by atoms with E-state index in [-0.39, 0.29) is 46.3 Å². The SMILES string of the molecule is CS(=O)(=O)N(CCO)c1cc2oc(-c3ccc(Oc4ccc(F)cc4F)cc3)c(C(=O)OC(N)=O)c2cc1C1CC1. The summed E-state index contributed by atoms with van der Waals surface area (Å²) in [7, 11) is -3.78. The summed E-state index contributed by atoms with van der Waals surface area (Å²) in [4.78, 5) is 24.5. The van der Waals surface area contributed by atoms with Gasteiger partial charge in [0.1, 0.15) is 28.5 Å². The molecule has 1 saturated carbocycles. The highest BCUT2D eigenvalue weighted by atomic mass is 32.2. The highest BCUT2D eigenvalue weighted by Gasteiger charge is 2.33. The standard InChI is InChI=1S/C28H24F2N2O8S/c1-41(36,37)32(10-11-33)22-14-24-20(13-19(22)15-2-3-15)25(27(34)40-28(31)35)26(39-24)16-4-7-18(8-5-16)38-23-9-6-17(29)12-21(23)30/h4-9,12-15,33H,2-3,10-11H2,1H3,(H2,31,35). The second-order valence-electron chi connectivity index (χ2n) is 9.46. The van der Waals surface area contributed by atoms with E-state index in [0.717, 1.165) is 35.5 Å². The lowest BCUT2D eigenvalue weighted by atomic mass is 10.0. The van der Waals surface area contributed by atoms with E-state index in [0.29, 0.717) is 22.9 Å². The van der Waals surface area contributed by atoms with Gasteiger partial charge in [-0.15, -0.1) is 0 Å². The highest BCUT2D eigenvalue weighted by Crippen LogP contribution is 2.48. The van der Waals surface area contributed by atoms with Gasteiger partial charge in [-0.2, -0.15) is 0 Å². The first-order valence-corrected chi connectivity index (χ1v) is 14.2. The van der Waals surface area contributed by atoms with Gasteiger partial charge in [0.25, 0.3) is 0 Å². The van der Waals surface area contributed by atoms with Crippen LogP contribution in [0.25, 0.3) is 22.3 Å². The Bertz CT molecular complexity index is 1770. The maximum absolute atomic E-state index is 14.0. The zero-order chi connectivity index (χ0) is 29.5. The Morgan fingerprint density at radius 2 is 1.80 bits per heavy atom. The molecule has 3 aromatic carbocycles. The summed E-state index contributed by atoms with van der Waals surface area (Å²) in [5.74, 6) is -2.72. The number of benzene rings is 3. The highest BCUT2D eigenvalue weighted by molar-refractivity contribution is 7.92. The fourth-order valence-corrected chi connectivity index (χ4v) is 5.48. The number of carbonyl (C=O) groups excluding carboxylic acids is 2. The van der Waals surface area contributed by atoms with Gasteiger partial charge in [-0.25, -0.2) is 26.8 Å². The molecule has 1 heterocycles. The van der Waals surface area contributed by atoms with Crippen LogP contribution in [0.5, 0.6) is 11.5 Å². The summed E-state index contributed by atoms with van der Waals surface area (Å²) in [5, 5.41) is 9.80. The van der Waals surface area contributed by atoms with E-state index in [2.05, 4.69) is 4.74 Å². The molecule has 0 radical (unpaired) electrons. The number of fused-ring (bicyclic) bond motifs is 1. The zero-order valence-corrected chi connectivity index (χ0v) is 22.4. The van der Waals surface area contributed by atoms with Crippen molar-refractivity contribution >= 4 is 38.7 Å². The second kappa shape index (κ2) is 10.8. The van der Waals surface area contributed by atoms with Crippen LogP contribution >= 0.6 is 0 Å². The molecule has 1 fully saturated rings. The number of aliphatic hydroxyl groups excluding tert-OH is 1. The number of nitrogens with zero attached hydrogens (tertiary/aromatic N) is 1. The molecule has 4 aromatic rings. The maximum Gasteiger partial charge on any atom is 0.412 e. The quantitative estimate of drug-likeness (QED) is 0.205. The van der Waals surface area contributed by atoms with Crippen LogP contribution in [0.3, 0.4) is 0 Å². The summed E-state index contributed by atoms with van der Waals surface area (Å²) < 4.78 is 69.7. The molecule has 0 bridgehead atoms. The largest absolute Gasteiger partial charge is 0.455 e. The Hall–Kier alpha value is -4.49. The molecule has 3 N–H and O–H groups in total. The number of rotatable bonds is 9. The summed E-state index contributed by atoms with van der Waals surface area (Å²) in [6, 6.07) is 11.9. The second-order valence-corrected chi connectivity index (χ2v) is 11.4. The molecule has 0 unspecified atom stereocenters. The zero-order valence-electron chi connectivity index (χ0n) is 21.6. The van der Waals surface area contributed by atoms with Gasteiger partial charge < -0.3 is 24.7 Å². The van der Waals surface area contributed by atoms with Crippen LogP contribution in [0.4, 0.5) is 19.3 Å². The number of carbonyl (C=O) groups is 2. The summed E-state index contributed by atoms with van der Waals surface area (Å²) in [6.07, 6.45) is 1.27. The molecule has 1 aliphatic rings. The van der Waals surface area contributed by atoms with Gasteiger partial charge in [0.05, 0.1) is 25.1 Å². The molecule has 1 amide bonds. The number of halogens is 2. The lowest BCUT2D eigenvalue weighted by Crippen LogP contribution is -2.33. The van der Waals surface area contributed by atoms with Crippen LogP contribution in [0.1, 0.15) is 34.7 Å². The molecule has 0 saturated heterocycles. The number of hydrogen-bond donors (Lipinski definition) is 2. The summed E-state index contributed by atoms with van der Waals surface area (Å²) in [6.45, 7) is -0.616. The monoisotopic (exact) mass is 586 g/mol.